The Bertz CT molecular complexity index is 352. The third-order valence-electron chi connectivity index (χ3n) is 1.55. The molecule has 0 aliphatic carbocycles. The van der Waals surface area contributed by atoms with Crippen LogP contribution in [0.2, 0.25) is 0 Å². The number of halogens is 2. The lowest BCUT2D eigenvalue weighted by Crippen LogP contribution is -2.22. The lowest BCUT2D eigenvalue weighted by atomic mass is 10.3. The van der Waals surface area contributed by atoms with Gasteiger partial charge in [0.15, 0.2) is 17.7 Å². The quantitative estimate of drug-likeness (QED) is 0.813. The van der Waals surface area contributed by atoms with Crippen LogP contribution in [0.4, 0.5) is 8.78 Å². The van der Waals surface area contributed by atoms with E-state index in [-0.39, 0.29) is 5.75 Å². The standard InChI is InChI=1S/C9H8F2O3/c1-5(9(12)13)14-6-2-3-7(10)8(11)4-6/h2-5H,1H3,(H,12,13)/t5-/m1/s1. The van der Waals surface area contributed by atoms with E-state index < -0.39 is 23.7 Å². The molecule has 1 aromatic carbocycles. The monoisotopic (exact) mass is 202 g/mol. The van der Waals surface area contributed by atoms with E-state index in [1.54, 1.807) is 0 Å². The van der Waals surface area contributed by atoms with Crippen molar-refractivity contribution in [2.24, 2.45) is 0 Å². The molecule has 76 valence electrons. The van der Waals surface area contributed by atoms with Crippen molar-refractivity contribution >= 4 is 5.97 Å². The average Bonchev–Trinajstić information content (AvgIpc) is 2.11. The molecule has 0 aliphatic heterocycles. The largest absolute Gasteiger partial charge is 0.479 e. The van der Waals surface area contributed by atoms with Crippen molar-refractivity contribution in [1.29, 1.82) is 0 Å². The van der Waals surface area contributed by atoms with Crippen LogP contribution in [0.15, 0.2) is 18.2 Å². The molecular formula is C9H8F2O3. The second-order valence-electron chi connectivity index (χ2n) is 2.67. The molecule has 3 nitrogen and oxygen atoms in total. The van der Waals surface area contributed by atoms with Crippen LogP contribution in [0.25, 0.3) is 0 Å². The van der Waals surface area contributed by atoms with E-state index >= 15 is 0 Å². The topological polar surface area (TPSA) is 46.5 Å². The number of hydrogen-bond donors (Lipinski definition) is 1. The Kier molecular flexibility index (Phi) is 3.01. The summed E-state index contributed by atoms with van der Waals surface area (Å²) in [5.74, 6) is -3.26. The van der Waals surface area contributed by atoms with Gasteiger partial charge < -0.3 is 9.84 Å². The Morgan fingerprint density at radius 1 is 1.43 bits per heavy atom. The normalized spacial score (nSPS) is 12.2. The fraction of sp³-hybridized carbons (Fsp3) is 0.222. The van der Waals surface area contributed by atoms with Gasteiger partial charge >= 0.3 is 5.97 Å². The molecule has 0 amide bonds. The second-order valence-corrected chi connectivity index (χ2v) is 2.67. The number of carboxylic acids is 1. The van der Waals surface area contributed by atoms with Gasteiger partial charge in [0.2, 0.25) is 0 Å². The van der Waals surface area contributed by atoms with Gasteiger partial charge in [-0.15, -0.1) is 0 Å². The summed E-state index contributed by atoms with van der Waals surface area (Å²) in [4.78, 5) is 10.4. The Balaban J connectivity index is 2.78. The minimum atomic E-state index is -1.17. The van der Waals surface area contributed by atoms with Gasteiger partial charge in [-0.3, -0.25) is 0 Å². The van der Waals surface area contributed by atoms with Crippen molar-refractivity contribution in [3.05, 3.63) is 29.8 Å². The highest BCUT2D eigenvalue weighted by Gasteiger charge is 2.13. The second kappa shape index (κ2) is 4.04. The Labute approximate surface area is 78.9 Å². The Morgan fingerprint density at radius 3 is 2.57 bits per heavy atom. The predicted octanol–water partition coefficient (Wildman–Crippen LogP) is 1.82. The fourth-order valence-electron chi connectivity index (χ4n) is 0.805. The van der Waals surface area contributed by atoms with Gasteiger partial charge in [0, 0.05) is 6.07 Å². The van der Waals surface area contributed by atoms with E-state index in [2.05, 4.69) is 0 Å². The molecule has 0 bridgehead atoms. The van der Waals surface area contributed by atoms with Crippen molar-refractivity contribution in [3.8, 4) is 5.75 Å². The van der Waals surface area contributed by atoms with Crippen LogP contribution in [0, 0.1) is 11.6 Å². The van der Waals surface area contributed by atoms with Crippen LogP contribution in [0.3, 0.4) is 0 Å². The lowest BCUT2D eigenvalue weighted by molar-refractivity contribution is -0.144. The lowest BCUT2D eigenvalue weighted by Gasteiger charge is -2.09. The molecule has 1 N–H and O–H groups in total. The van der Waals surface area contributed by atoms with Gasteiger partial charge in [-0.1, -0.05) is 0 Å². The van der Waals surface area contributed by atoms with Crippen molar-refractivity contribution in [3.63, 3.8) is 0 Å². The summed E-state index contributed by atoms with van der Waals surface area (Å²) in [5.41, 5.74) is 0. The van der Waals surface area contributed by atoms with Crippen LogP contribution in [-0.4, -0.2) is 17.2 Å². The first-order chi connectivity index (χ1) is 6.50. The van der Waals surface area contributed by atoms with Gasteiger partial charge in [0.1, 0.15) is 5.75 Å². The van der Waals surface area contributed by atoms with Crippen LogP contribution < -0.4 is 4.74 Å². The number of aliphatic carboxylic acids is 1. The molecule has 1 atom stereocenters. The van der Waals surface area contributed by atoms with Crippen molar-refractivity contribution in [1.82, 2.24) is 0 Å². The number of carboxylic acid groups (broad SMARTS) is 1. The number of rotatable bonds is 3. The maximum absolute atomic E-state index is 12.6. The highest BCUT2D eigenvalue weighted by Crippen LogP contribution is 2.16. The van der Waals surface area contributed by atoms with Crippen LogP contribution in [0.5, 0.6) is 5.75 Å². The first-order valence-corrected chi connectivity index (χ1v) is 3.85. The first-order valence-electron chi connectivity index (χ1n) is 3.85. The molecule has 0 aromatic heterocycles. The van der Waals surface area contributed by atoms with Gasteiger partial charge in [-0.2, -0.15) is 0 Å². The molecule has 14 heavy (non-hydrogen) atoms. The molecule has 0 fully saturated rings. The first kappa shape index (κ1) is 10.4. The summed E-state index contributed by atoms with van der Waals surface area (Å²) < 4.78 is 29.9. The van der Waals surface area contributed by atoms with E-state index in [1.165, 1.54) is 6.92 Å². The third-order valence-corrected chi connectivity index (χ3v) is 1.55. The molecule has 0 heterocycles. The van der Waals surface area contributed by atoms with Crippen molar-refractivity contribution in [2.75, 3.05) is 0 Å². The predicted molar refractivity (Wildman–Crippen MR) is 44.1 cm³/mol. The zero-order chi connectivity index (χ0) is 10.7. The molecule has 5 heteroatoms. The molecule has 0 saturated carbocycles. The Morgan fingerprint density at radius 2 is 2.07 bits per heavy atom. The molecule has 0 unspecified atom stereocenters. The number of hydrogen-bond acceptors (Lipinski definition) is 2. The number of carbonyl (C=O) groups is 1. The summed E-state index contributed by atoms with van der Waals surface area (Å²) in [5, 5.41) is 8.47. The van der Waals surface area contributed by atoms with Crippen molar-refractivity contribution < 1.29 is 23.4 Å². The van der Waals surface area contributed by atoms with Gasteiger partial charge in [-0.25, -0.2) is 13.6 Å². The molecule has 1 rings (SSSR count). The summed E-state index contributed by atoms with van der Waals surface area (Å²) in [6.07, 6.45) is -1.10. The van der Waals surface area contributed by atoms with E-state index in [0.717, 1.165) is 18.2 Å². The summed E-state index contributed by atoms with van der Waals surface area (Å²) in [7, 11) is 0. The summed E-state index contributed by atoms with van der Waals surface area (Å²) in [6, 6.07) is 2.84. The molecule has 0 aliphatic rings. The minimum Gasteiger partial charge on any atom is -0.479 e. The van der Waals surface area contributed by atoms with E-state index in [1.807, 2.05) is 0 Å². The van der Waals surface area contributed by atoms with Gasteiger partial charge in [-0.05, 0) is 19.1 Å². The summed E-state index contributed by atoms with van der Waals surface area (Å²) in [6.45, 7) is 1.30. The number of benzene rings is 1. The third kappa shape index (κ3) is 2.42. The van der Waals surface area contributed by atoms with Crippen LogP contribution in [0.1, 0.15) is 6.92 Å². The summed E-state index contributed by atoms with van der Waals surface area (Å²) >= 11 is 0. The zero-order valence-electron chi connectivity index (χ0n) is 7.33. The molecule has 0 saturated heterocycles. The molecule has 0 radical (unpaired) electrons. The highest BCUT2D eigenvalue weighted by atomic mass is 19.2. The Hall–Kier alpha value is -1.65. The SMILES string of the molecule is C[C@@H](Oc1ccc(F)c(F)c1)C(=O)O. The van der Waals surface area contributed by atoms with Crippen LogP contribution in [-0.2, 0) is 4.79 Å². The van der Waals surface area contributed by atoms with E-state index in [0.29, 0.717) is 0 Å². The average molecular weight is 202 g/mol. The molecule has 1 aromatic rings. The molecule has 0 spiro atoms. The maximum Gasteiger partial charge on any atom is 0.344 e. The van der Waals surface area contributed by atoms with Gasteiger partial charge in [0.05, 0.1) is 0 Å². The minimum absolute atomic E-state index is 0.0150. The number of ether oxygens (including phenoxy) is 1. The van der Waals surface area contributed by atoms with Crippen molar-refractivity contribution in [2.45, 2.75) is 13.0 Å². The molecular weight excluding hydrogens is 194 g/mol. The maximum atomic E-state index is 12.6. The fourth-order valence-corrected chi connectivity index (χ4v) is 0.805. The van der Waals surface area contributed by atoms with E-state index in [4.69, 9.17) is 9.84 Å². The highest BCUT2D eigenvalue weighted by molar-refractivity contribution is 5.72. The smallest absolute Gasteiger partial charge is 0.344 e. The van der Waals surface area contributed by atoms with Gasteiger partial charge in [0.25, 0.3) is 0 Å². The van der Waals surface area contributed by atoms with Crippen LogP contribution >= 0.6 is 0 Å². The van der Waals surface area contributed by atoms with E-state index in [9.17, 15) is 13.6 Å². The zero-order valence-corrected chi connectivity index (χ0v) is 7.33.